The number of rotatable bonds is 9. The molecule has 0 aliphatic carbocycles. The van der Waals surface area contributed by atoms with Gasteiger partial charge in [-0.05, 0) is 50.7 Å². The van der Waals surface area contributed by atoms with Gasteiger partial charge in [0.05, 0.1) is 0 Å². The van der Waals surface area contributed by atoms with Gasteiger partial charge in [0, 0.05) is 42.9 Å². The van der Waals surface area contributed by atoms with E-state index in [0.29, 0.717) is 34.5 Å². The minimum absolute atomic E-state index is 0.217. The Morgan fingerprint density at radius 3 is 2.47 bits per heavy atom. The third kappa shape index (κ3) is 6.90. The van der Waals surface area contributed by atoms with Crippen LogP contribution >= 0.6 is 11.8 Å². The monoisotopic (exact) mass is 476 g/mol. The van der Waals surface area contributed by atoms with E-state index >= 15 is 0 Å². The fraction of sp³-hybridized carbons (Fsp3) is 0.200. The predicted molar refractivity (Wildman–Crippen MR) is 139 cm³/mol. The highest BCUT2D eigenvalue weighted by atomic mass is 32.2. The third-order valence-electron chi connectivity index (χ3n) is 4.76. The number of hydrogen-bond donors (Lipinski definition) is 2. The summed E-state index contributed by atoms with van der Waals surface area (Å²) in [7, 11) is 5.58. The molecule has 0 saturated carbocycles. The van der Waals surface area contributed by atoms with Gasteiger partial charge in [-0.15, -0.1) is 0 Å². The van der Waals surface area contributed by atoms with Gasteiger partial charge in [-0.1, -0.05) is 42.1 Å². The summed E-state index contributed by atoms with van der Waals surface area (Å²) < 4.78 is 0. The maximum absolute atomic E-state index is 13.2. The number of carbonyl (C=O) groups excluding carboxylic acids is 2. The third-order valence-corrected chi connectivity index (χ3v) is 5.32. The number of likely N-dealkylation sites (N-methyl/N-ethyl adjacent to an activating group) is 1. The summed E-state index contributed by atoms with van der Waals surface area (Å²) in [6.45, 7) is 0.675. The smallest absolute Gasteiger partial charge is 0.263 e. The zero-order valence-corrected chi connectivity index (χ0v) is 20.5. The van der Waals surface area contributed by atoms with E-state index in [2.05, 4.69) is 20.6 Å². The molecule has 0 aliphatic heterocycles. The van der Waals surface area contributed by atoms with Crippen molar-refractivity contribution >= 4 is 46.5 Å². The van der Waals surface area contributed by atoms with E-state index in [1.165, 1.54) is 24.0 Å². The van der Waals surface area contributed by atoms with Crippen LogP contribution in [-0.4, -0.2) is 60.6 Å². The highest BCUT2D eigenvalue weighted by molar-refractivity contribution is 7.98. The van der Waals surface area contributed by atoms with Gasteiger partial charge in [0.25, 0.3) is 5.91 Å². The van der Waals surface area contributed by atoms with Gasteiger partial charge in [0.15, 0.2) is 5.16 Å². The van der Waals surface area contributed by atoms with E-state index in [1.807, 2.05) is 67.7 Å². The molecule has 34 heavy (non-hydrogen) atoms. The lowest BCUT2D eigenvalue weighted by Gasteiger charge is -2.19. The van der Waals surface area contributed by atoms with Gasteiger partial charge in [-0.25, -0.2) is 9.97 Å². The molecule has 9 heteroatoms. The second kappa shape index (κ2) is 12.0. The molecule has 1 aromatic heterocycles. The standard InChI is InChI=1S/C25H28N6O2S/c1-30(2)15-9-14-22(32)27-18-10-8-11-19(16-18)28-23-21(17-26-25(29-23)34-4)24(33)31(3)20-12-6-5-7-13-20/h5-14,16-17H,15H2,1-4H3,(H,27,32)(H,26,28,29)/b14-9+. The molecule has 3 aromatic rings. The number of hydrogen-bond acceptors (Lipinski definition) is 7. The molecule has 0 saturated heterocycles. The Bertz CT molecular complexity index is 1170. The van der Waals surface area contributed by atoms with Crippen molar-refractivity contribution in [2.24, 2.45) is 0 Å². The zero-order valence-electron chi connectivity index (χ0n) is 19.6. The number of carbonyl (C=O) groups is 2. The number of benzene rings is 2. The average molecular weight is 477 g/mol. The fourth-order valence-electron chi connectivity index (χ4n) is 3.03. The van der Waals surface area contributed by atoms with Crippen molar-refractivity contribution in [3.05, 3.63) is 78.5 Å². The van der Waals surface area contributed by atoms with Gasteiger partial charge in [-0.2, -0.15) is 0 Å². The first-order valence-electron chi connectivity index (χ1n) is 10.6. The normalized spacial score (nSPS) is 11.0. The lowest BCUT2D eigenvalue weighted by atomic mass is 10.2. The summed E-state index contributed by atoms with van der Waals surface area (Å²) in [4.78, 5) is 37.8. The van der Waals surface area contributed by atoms with E-state index in [9.17, 15) is 9.59 Å². The summed E-state index contributed by atoms with van der Waals surface area (Å²) in [6, 6.07) is 16.6. The van der Waals surface area contributed by atoms with Gasteiger partial charge < -0.3 is 20.4 Å². The van der Waals surface area contributed by atoms with Gasteiger partial charge in [0.2, 0.25) is 5.91 Å². The molecule has 176 valence electrons. The van der Waals surface area contributed by atoms with Crippen LogP contribution in [0.4, 0.5) is 22.9 Å². The summed E-state index contributed by atoms with van der Waals surface area (Å²) in [6.07, 6.45) is 6.70. The molecule has 0 unspecified atom stereocenters. The molecule has 0 fully saturated rings. The van der Waals surface area contributed by atoms with Crippen molar-refractivity contribution in [1.82, 2.24) is 14.9 Å². The van der Waals surface area contributed by atoms with Crippen molar-refractivity contribution in [2.75, 3.05) is 49.5 Å². The molecule has 2 amide bonds. The number of aromatic nitrogens is 2. The molecule has 0 radical (unpaired) electrons. The topological polar surface area (TPSA) is 90.5 Å². The zero-order chi connectivity index (χ0) is 24.5. The number of nitrogens with one attached hydrogen (secondary N) is 2. The Morgan fingerprint density at radius 1 is 1.03 bits per heavy atom. The molecular formula is C25H28N6O2S. The molecule has 0 atom stereocenters. The van der Waals surface area contributed by atoms with Crippen LogP contribution in [0.5, 0.6) is 0 Å². The van der Waals surface area contributed by atoms with Gasteiger partial charge in [-0.3, -0.25) is 9.59 Å². The highest BCUT2D eigenvalue weighted by Crippen LogP contribution is 2.25. The van der Waals surface area contributed by atoms with Crippen LogP contribution in [0.25, 0.3) is 0 Å². The molecule has 2 N–H and O–H groups in total. The van der Waals surface area contributed by atoms with E-state index in [0.717, 1.165) is 5.69 Å². The first kappa shape index (κ1) is 24.9. The number of nitrogens with zero attached hydrogens (tertiary/aromatic N) is 4. The molecular weight excluding hydrogens is 448 g/mol. The van der Waals surface area contributed by atoms with Crippen molar-refractivity contribution in [3.63, 3.8) is 0 Å². The van der Waals surface area contributed by atoms with Crippen LogP contribution in [-0.2, 0) is 4.79 Å². The summed E-state index contributed by atoms with van der Waals surface area (Å²) >= 11 is 1.38. The number of para-hydroxylation sites is 1. The Morgan fingerprint density at radius 2 is 1.76 bits per heavy atom. The van der Waals surface area contributed by atoms with Gasteiger partial charge in [0.1, 0.15) is 11.4 Å². The van der Waals surface area contributed by atoms with Crippen LogP contribution < -0.4 is 15.5 Å². The average Bonchev–Trinajstić information content (AvgIpc) is 2.83. The molecule has 0 aliphatic rings. The Labute approximate surface area is 204 Å². The Balaban J connectivity index is 1.82. The Kier molecular flexibility index (Phi) is 8.78. The maximum atomic E-state index is 13.2. The minimum Gasteiger partial charge on any atom is -0.339 e. The second-order valence-corrected chi connectivity index (χ2v) is 8.45. The van der Waals surface area contributed by atoms with Crippen LogP contribution in [0, 0.1) is 0 Å². The van der Waals surface area contributed by atoms with Crippen molar-refractivity contribution in [2.45, 2.75) is 5.16 Å². The Hall–Kier alpha value is -3.69. The van der Waals surface area contributed by atoms with Crippen LogP contribution in [0.3, 0.4) is 0 Å². The SMILES string of the molecule is CSc1ncc(C(=O)N(C)c2ccccc2)c(Nc2cccc(NC(=O)/C=C/CN(C)C)c2)n1. The lowest BCUT2D eigenvalue weighted by molar-refractivity contribution is -0.111. The van der Waals surface area contributed by atoms with E-state index < -0.39 is 0 Å². The molecule has 8 nitrogen and oxygen atoms in total. The van der Waals surface area contributed by atoms with Crippen molar-refractivity contribution < 1.29 is 9.59 Å². The summed E-state index contributed by atoms with van der Waals surface area (Å²) in [5.41, 5.74) is 2.40. The lowest BCUT2D eigenvalue weighted by Crippen LogP contribution is -2.27. The molecule has 2 aromatic carbocycles. The molecule has 0 spiro atoms. The maximum Gasteiger partial charge on any atom is 0.263 e. The second-order valence-electron chi connectivity index (χ2n) is 7.68. The highest BCUT2D eigenvalue weighted by Gasteiger charge is 2.20. The van der Waals surface area contributed by atoms with Crippen LogP contribution in [0.2, 0.25) is 0 Å². The quantitative estimate of drug-likeness (QED) is 0.271. The number of thioether (sulfide) groups is 1. The van der Waals surface area contributed by atoms with E-state index in [1.54, 1.807) is 30.2 Å². The predicted octanol–water partition coefficient (Wildman–Crippen LogP) is 4.28. The first-order chi connectivity index (χ1) is 16.4. The molecule has 1 heterocycles. The van der Waals surface area contributed by atoms with E-state index in [4.69, 9.17) is 0 Å². The first-order valence-corrected chi connectivity index (χ1v) is 11.8. The van der Waals surface area contributed by atoms with Crippen molar-refractivity contribution in [3.8, 4) is 0 Å². The number of amides is 2. The minimum atomic E-state index is -0.239. The molecule has 3 rings (SSSR count). The number of anilines is 4. The molecule has 0 bridgehead atoms. The van der Waals surface area contributed by atoms with Crippen molar-refractivity contribution in [1.29, 1.82) is 0 Å². The van der Waals surface area contributed by atoms with Crippen LogP contribution in [0.15, 0.2) is 78.1 Å². The summed E-state index contributed by atoms with van der Waals surface area (Å²) in [5.74, 6) is -0.0654. The van der Waals surface area contributed by atoms with Crippen LogP contribution in [0.1, 0.15) is 10.4 Å². The fourth-order valence-corrected chi connectivity index (χ4v) is 3.37. The van der Waals surface area contributed by atoms with E-state index in [-0.39, 0.29) is 11.8 Å². The largest absolute Gasteiger partial charge is 0.339 e. The summed E-state index contributed by atoms with van der Waals surface area (Å²) in [5, 5.41) is 6.60. The van der Waals surface area contributed by atoms with Gasteiger partial charge >= 0.3 is 0 Å².